The van der Waals surface area contributed by atoms with E-state index >= 15 is 0 Å². The second-order valence-corrected chi connectivity index (χ2v) is 6.34. The number of hydrogen-bond donors (Lipinski definition) is 1. The van der Waals surface area contributed by atoms with E-state index in [1.807, 2.05) is 0 Å². The molecule has 1 nitrogen and oxygen atoms in total. The van der Waals surface area contributed by atoms with E-state index in [0.29, 0.717) is 12.0 Å². The fraction of sp³-hybridized carbons (Fsp3) is 0.600. The van der Waals surface area contributed by atoms with E-state index in [-0.39, 0.29) is 0 Å². The molecule has 0 aliphatic heterocycles. The van der Waals surface area contributed by atoms with Crippen molar-refractivity contribution in [3.8, 4) is 0 Å². The van der Waals surface area contributed by atoms with Crippen molar-refractivity contribution in [1.29, 1.82) is 0 Å². The number of halogens is 2. The fourth-order valence-electron chi connectivity index (χ4n) is 0.976. The van der Waals surface area contributed by atoms with Crippen LogP contribution in [0.3, 0.4) is 0 Å². The molecule has 1 aromatic heterocycles. The lowest BCUT2D eigenvalue weighted by molar-refractivity contribution is 0.427. The summed E-state index contributed by atoms with van der Waals surface area (Å²) in [6.45, 7) is 7.54. The third kappa shape index (κ3) is 3.54. The highest BCUT2D eigenvalue weighted by molar-refractivity contribution is 9.10. The normalized spacial score (nSPS) is 13.6. The van der Waals surface area contributed by atoms with Gasteiger partial charge in [-0.2, -0.15) is 0 Å². The van der Waals surface area contributed by atoms with Crippen LogP contribution in [-0.2, 0) is 6.54 Å². The molecule has 0 aliphatic carbocycles. The number of rotatable bonds is 4. The molecule has 1 rings (SSSR count). The molecule has 1 N–H and O–H groups in total. The molecule has 1 aromatic rings. The second-order valence-electron chi connectivity index (χ2n) is 3.75. The molecule has 0 radical (unpaired) electrons. The van der Waals surface area contributed by atoms with Crippen LogP contribution in [0.1, 0.15) is 25.6 Å². The monoisotopic (exact) mass is 295 g/mol. The van der Waals surface area contributed by atoms with Gasteiger partial charge < -0.3 is 5.32 Å². The Balaban J connectivity index is 2.46. The zero-order chi connectivity index (χ0) is 10.7. The van der Waals surface area contributed by atoms with Gasteiger partial charge in [-0.15, -0.1) is 11.3 Å². The average molecular weight is 297 g/mol. The van der Waals surface area contributed by atoms with Gasteiger partial charge in [0.1, 0.15) is 4.34 Å². The number of hydrogen-bond acceptors (Lipinski definition) is 2. The summed E-state index contributed by atoms with van der Waals surface area (Å²) in [7, 11) is 0. The molecule has 14 heavy (non-hydrogen) atoms. The molecular weight excluding hydrogens is 282 g/mol. The van der Waals surface area contributed by atoms with E-state index < -0.39 is 0 Å². The van der Waals surface area contributed by atoms with Crippen LogP contribution in [0, 0.1) is 5.92 Å². The van der Waals surface area contributed by atoms with Crippen molar-refractivity contribution in [2.75, 3.05) is 0 Å². The van der Waals surface area contributed by atoms with Crippen molar-refractivity contribution < 1.29 is 0 Å². The van der Waals surface area contributed by atoms with Crippen LogP contribution in [0.25, 0.3) is 0 Å². The molecule has 4 heteroatoms. The van der Waals surface area contributed by atoms with Crippen LogP contribution in [0.15, 0.2) is 10.5 Å². The smallest absolute Gasteiger partial charge is 0.107 e. The molecule has 1 heterocycles. The van der Waals surface area contributed by atoms with Gasteiger partial charge in [-0.1, -0.05) is 25.4 Å². The molecule has 1 atom stereocenters. The highest BCUT2D eigenvalue weighted by Crippen LogP contribution is 2.31. The van der Waals surface area contributed by atoms with E-state index in [2.05, 4.69) is 48.1 Å². The third-order valence-electron chi connectivity index (χ3n) is 2.29. The van der Waals surface area contributed by atoms with Crippen molar-refractivity contribution >= 4 is 38.9 Å². The first kappa shape index (κ1) is 12.5. The molecule has 0 bridgehead atoms. The lowest BCUT2D eigenvalue weighted by Gasteiger charge is -2.16. The first-order chi connectivity index (χ1) is 6.50. The maximum absolute atomic E-state index is 5.95. The third-order valence-corrected chi connectivity index (χ3v) is 4.77. The van der Waals surface area contributed by atoms with Crippen molar-refractivity contribution in [3.63, 3.8) is 0 Å². The summed E-state index contributed by atoms with van der Waals surface area (Å²) in [6.07, 6.45) is 0. The summed E-state index contributed by atoms with van der Waals surface area (Å²) >= 11 is 11.0. The molecule has 0 fully saturated rings. The summed E-state index contributed by atoms with van der Waals surface area (Å²) in [6, 6.07) is 2.61. The van der Waals surface area contributed by atoms with E-state index in [9.17, 15) is 0 Å². The SMILES string of the molecule is CC(C)C(C)NCc1cc(Br)c(Cl)s1. The summed E-state index contributed by atoms with van der Waals surface area (Å²) in [5.74, 6) is 0.661. The summed E-state index contributed by atoms with van der Waals surface area (Å²) < 4.78 is 1.83. The predicted molar refractivity (Wildman–Crippen MR) is 68.2 cm³/mol. The predicted octanol–water partition coefficient (Wildman–Crippen LogP) is 4.30. The highest BCUT2D eigenvalue weighted by Gasteiger charge is 2.08. The molecule has 0 spiro atoms. The molecule has 0 aromatic carbocycles. The molecule has 0 saturated carbocycles. The van der Waals surface area contributed by atoms with Crippen molar-refractivity contribution in [1.82, 2.24) is 5.32 Å². The molecule has 1 unspecified atom stereocenters. The average Bonchev–Trinajstić information content (AvgIpc) is 2.42. The maximum atomic E-state index is 5.95. The zero-order valence-corrected chi connectivity index (χ0v) is 11.8. The van der Waals surface area contributed by atoms with Gasteiger partial charge in [-0.05, 0) is 34.8 Å². The van der Waals surface area contributed by atoms with E-state index in [4.69, 9.17) is 11.6 Å². The Morgan fingerprint density at radius 1 is 1.50 bits per heavy atom. The zero-order valence-electron chi connectivity index (χ0n) is 8.60. The summed E-state index contributed by atoms with van der Waals surface area (Å²) in [5.41, 5.74) is 0. The van der Waals surface area contributed by atoms with Gasteiger partial charge in [0, 0.05) is 21.9 Å². The maximum Gasteiger partial charge on any atom is 0.107 e. The lowest BCUT2D eigenvalue weighted by atomic mass is 10.1. The number of thiophene rings is 1. The molecule has 0 saturated heterocycles. The quantitative estimate of drug-likeness (QED) is 0.873. The van der Waals surface area contributed by atoms with Crippen molar-refractivity contribution in [2.24, 2.45) is 5.92 Å². The summed E-state index contributed by atoms with van der Waals surface area (Å²) in [5, 5.41) is 3.47. The minimum atomic E-state index is 0.537. The van der Waals surface area contributed by atoms with Gasteiger partial charge in [-0.3, -0.25) is 0 Å². The van der Waals surface area contributed by atoms with Gasteiger partial charge in [0.2, 0.25) is 0 Å². The Morgan fingerprint density at radius 2 is 2.14 bits per heavy atom. The van der Waals surface area contributed by atoms with E-state index in [1.165, 1.54) is 4.88 Å². The number of nitrogens with one attached hydrogen (secondary N) is 1. The Bertz CT molecular complexity index is 279. The Hall–Kier alpha value is 0.430. The second kappa shape index (κ2) is 5.50. The van der Waals surface area contributed by atoms with Crippen LogP contribution < -0.4 is 5.32 Å². The first-order valence-corrected chi connectivity index (χ1v) is 6.66. The Morgan fingerprint density at radius 3 is 2.57 bits per heavy atom. The minimum Gasteiger partial charge on any atom is -0.309 e. The Kier molecular flexibility index (Phi) is 4.91. The van der Waals surface area contributed by atoms with Crippen LogP contribution in [0.2, 0.25) is 4.34 Å². The van der Waals surface area contributed by atoms with Gasteiger partial charge >= 0.3 is 0 Å². The summed E-state index contributed by atoms with van der Waals surface area (Å²) in [4.78, 5) is 1.27. The minimum absolute atomic E-state index is 0.537. The van der Waals surface area contributed by atoms with Crippen LogP contribution in [0.5, 0.6) is 0 Å². The highest BCUT2D eigenvalue weighted by atomic mass is 79.9. The van der Waals surface area contributed by atoms with Crippen molar-refractivity contribution in [3.05, 3.63) is 19.8 Å². The van der Waals surface area contributed by atoms with E-state index in [1.54, 1.807) is 11.3 Å². The van der Waals surface area contributed by atoms with Gasteiger partial charge in [0.05, 0.1) is 0 Å². The standard InChI is InChI=1S/C10H15BrClNS/c1-6(2)7(3)13-5-8-4-9(11)10(12)14-8/h4,6-7,13H,5H2,1-3H3. The Labute approximate surface area is 103 Å². The van der Waals surface area contributed by atoms with Gasteiger partial charge in [-0.25, -0.2) is 0 Å². The van der Waals surface area contributed by atoms with Crippen LogP contribution >= 0.6 is 38.9 Å². The molecular formula is C10H15BrClNS. The van der Waals surface area contributed by atoms with Crippen molar-refractivity contribution in [2.45, 2.75) is 33.4 Å². The fourth-order valence-corrected chi connectivity index (χ4v) is 2.72. The lowest BCUT2D eigenvalue weighted by Crippen LogP contribution is -2.29. The molecule has 80 valence electrons. The first-order valence-electron chi connectivity index (χ1n) is 4.67. The van der Waals surface area contributed by atoms with Gasteiger partial charge in [0.15, 0.2) is 0 Å². The molecule has 0 amide bonds. The largest absolute Gasteiger partial charge is 0.309 e. The molecule has 0 aliphatic rings. The van der Waals surface area contributed by atoms with Gasteiger partial charge in [0.25, 0.3) is 0 Å². The van der Waals surface area contributed by atoms with E-state index in [0.717, 1.165) is 15.4 Å². The van der Waals surface area contributed by atoms with Crippen LogP contribution in [0.4, 0.5) is 0 Å². The topological polar surface area (TPSA) is 12.0 Å². The van der Waals surface area contributed by atoms with Crippen LogP contribution in [-0.4, -0.2) is 6.04 Å².